The Bertz CT molecular complexity index is 1500. The number of rotatable bonds is 11. The van der Waals surface area contributed by atoms with Crippen LogP contribution in [0, 0.1) is 5.92 Å². The fraction of sp³-hybridized carbons (Fsp3) is 0.257. The Morgan fingerprint density at radius 2 is 1.60 bits per heavy atom. The largest absolute Gasteiger partial charge is 0.480 e. The third-order valence-electron chi connectivity index (χ3n) is 7.70. The zero-order valence-corrected chi connectivity index (χ0v) is 25.0. The number of carbonyl (C=O) groups is 2. The van der Waals surface area contributed by atoms with Crippen molar-refractivity contribution in [3.05, 3.63) is 113 Å². The van der Waals surface area contributed by atoms with Gasteiger partial charge in [-0.2, -0.15) is 0 Å². The zero-order chi connectivity index (χ0) is 29.3. The van der Waals surface area contributed by atoms with Gasteiger partial charge in [0.25, 0.3) is 5.91 Å². The van der Waals surface area contributed by atoms with Crippen molar-refractivity contribution in [1.29, 1.82) is 0 Å². The highest BCUT2D eigenvalue weighted by atomic mass is 79.9. The number of carboxylic acids is 1. The smallest absolute Gasteiger partial charge is 0.326 e. The van der Waals surface area contributed by atoms with Crippen molar-refractivity contribution in [3.8, 4) is 22.6 Å². The molecule has 0 radical (unpaired) electrons. The summed E-state index contributed by atoms with van der Waals surface area (Å²) >= 11 is 3.46. The van der Waals surface area contributed by atoms with Crippen LogP contribution in [0.3, 0.4) is 0 Å². The van der Waals surface area contributed by atoms with Crippen LogP contribution in [-0.2, 0) is 11.2 Å². The van der Waals surface area contributed by atoms with E-state index in [0.29, 0.717) is 17.2 Å². The predicted molar refractivity (Wildman–Crippen MR) is 170 cm³/mol. The molecular weight excluding hydrogens is 592 g/mol. The number of carbonyl (C=O) groups excluding carboxylic acids is 1. The van der Waals surface area contributed by atoms with Crippen molar-refractivity contribution in [2.75, 3.05) is 11.9 Å². The van der Waals surface area contributed by atoms with Crippen LogP contribution in [0.4, 0.5) is 5.69 Å². The molecule has 0 saturated heterocycles. The predicted octanol–water partition coefficient (Wildman–Crippen LogP) is 8.33. The van der Waals surface area contributed by atoms with Crippen LogP contribution in [0.5, 0.6) is 11.5 Å². The molecule has 42 heavy (non-hydrogen) atoms. The maximum absolute atomic E-state index is 13.4. The minimum absolute atomic E-state index is 0.155. The lowest BCUT2D eigenvalue weighted by atomic mass is 9.89. The molecule has 1 aliphatic rings. The number of halogens is 1. The van der Waals surface area contributed by atoms with E-state index in [4.69, 9.17) is 4.74 Å². The SMILES string of the molecule is O=C(NC(Cc1ccc(-c2ccccc2Oc2ccccc2)cc1)C(=O)O)c1cc(Br)ccc1NCC1CCCCC1. The second kappa shape index (κ2) is 14.2. The van der Waals surface area contributed by atoms with Crippen molar-refractivity contribution >= 4 is 33.5 Å². The molecule has 1 atom stereocenters. The molecule has 216 valence electrons. The Labute approximate surface area is 255 Å². The van der Waals surface area contributed by atoms with Gasteiger partial charge in [-0.15, -0.1) is 0 Å². The van der Waals surface area contributed by atoms with Crippen molar-refractivity contribution in [1.82, 2.24) is 5.32 Å². The van der Waals surface area contributed by atoms with Crippen LogP contribution in [0.2, 0.25) is 0 Å². The summed E-state index contributed by atoms with van der Waals surface area (Å²) in [7, 11) is 0. The number of aliphatic carboxylic acids is 1. The van der Waals surface area contributed by atoms with Crippen LogP contribution in [0.15, 0.2) is 102 Å². The normalized spacial score (nSPS) is 14.1. The number of hydrogen-bond acceptors (Lipinski definition) is 4. The third-order valence-corrected chi connectivity index (χ3v) is 8.19. The molecule has 5 rings (SSSR count). The molecule has 1 aliphatic carbocycles. The van der Waals surface area contributed by atoms with E-state index in [1.165, 1.54) is 32.1 Å². The first kappa shape index (κ1) is 29.4. The summed E-state index contributed by atoms with van der Waals surface area (Å²) in [5.41, 5.74) is 3.82. The molecule has 3 N–H and O–H groups in total. The molecule has 1 saturated carbocycles. The first-order valence-corrected chi connectivity index (χ1v) is 15.2. The summed E-state index contributed by atoms with van der Waals surface area (Å²) in [5, 5.41) is 16.2. The summed E-state index contributed by atoms with van der Waals surface area (Å²) in [4.78, 5) is 25.6. The molecule has 0 spiro atoms. The van der Waals surface area contributed by atoms with Crippen LogP contribution >= 0.6 is 15.9 Å². The first-order chi connectivity index (χ1) is 20.5. The molecule has 7 heteroatoms. The number of hydrogen-bond donors (Lipinski definition) is 3. The maximum Gasteiger partial charge on any atom is 0.326 e. The quantitative estimate of drug-likeness (QED) is 0.156. The van der Waals surface area contributed by atoms with Gasteiger partial charge < -0.3 is 20.5 Å². The van der Waals surface area contributed by atoms with Crippen molar-refractivity contribution in [3.63, 3.8) is 0 Å². The van der Waals surface area contributed by atoms with Crippen molar-refractivity contribution in [2.24, 2.45) is 5.92 Å². The lowest BCUT2D eigenvalue weighted by molar-refractivity contribution is -0.139. The van der Waals surface area contributed by atoms with E-state index in [0.717, 1.165) is 39.2 Å². The van der Waals surface area contributed by atoms with E-state index in [2.05, 4.69) is 26.6 Å². The van der Waals surface area contributed by atoms with Crippen LogP contribution in [0.1, 0.15) is 48.0 Å². The monoisotopic (exact) mass is 626 g/mol. The van der Waals surface area contributed by atoms with Gasteiger partial charge in [0.2, 0.25) is 0 Å². The summed E-state index contributed by atoms with van der Waals surface area (Å²) in [6.07, 6.45) is 6.32. The van der Waals surface area contributed by atoms with Gasteiger partial charge >= 0.3 is 5.97 Å². The molecule has 4 aromatic carbocycles. The Morgan fingerprint density at radius 3 is 2.33 bits per heavy atom. The van der Waals surface area contributed by atoms with Crippen LogP contribution in [0.25, 0.3) is 11.1 Å². The van der Waals surface area contributed by atoms with E-state index in [1.54, 1.807) is 6.07 Å². The fourth-order valence-electron chi connectivity index (χ4n) is 5.41. The number of benzene rings is 4. The summed E-state index contributed by atoms with van der Waals surface area (Å²) in [6.45, 7) is 0.802. The zero-order valence-electron chi connectivity index (χ0n) is 23.4. The van der Waals surface area contributed by atoms with E-state index < -0.39 is 17.9 Å². The molecule has 0 heterocycles. The molecule has 6 nitrogen and oxygen atoms in total. The first-order valence-electron chi connectivity index (χ1n) is 14.4. The lowest BCUT2D eigenvalue weighted by Crippen LogP contribution is -2.42. The number of carboxylic acid groups (broad SMARTS) is 1. The topological polar surface area (TPSA) is 87.7 Å². The molecule has 1 amide bonds. The van der Waals surface area contributed by atoms with Gasteiger partial charge in [0.15, 0.2) is 0 Å². The highest BCUT2D eigenvalue weighted by molar-refractivity contribution is 9.10. The number of ether oxygens (including phenoxy) is 1. The van der Waals surface area contributed by atoms with Crippen molar-refractivity contribution in [2.45, 2.75) is 44.6 Å². The van der Waals surface area contributed by atoms with Gasteiger partial charge in [0, 0.05) is 28.7 Å². The summed E-state index contributed by atoms with van der Waals surface area (Å²) in [5.74, 6) is 0.567. The highest BCUT2D eigenvalue weighted by Crippen LogP contribution is 2.33. The maximum atomic E-state index is 13.4. The van der Waals surface area contributed by atoms with E-state index in [9.17, 15) is 14.7 Å². The van der Waals surface area contributed by atoms with Gasteiger partial charge in [0.05, 0.1) is 5.56 Å². The molecule has 0 aromatic heterocycles. The molecular formula is C35H35BrN2O4. The Kier molecular flexibility index (Phi) is 9.93. The highest BCUT2D eigenvalue weighted by Gasteiger charge is 2.23. The van der Waals surface area contributed by atoms with Crippen LogP contribution < -0.4 is 15.4 Å². The Hall–Kier alpha value is -4.10. The van der Waals surface area contributed by atoms with Crippen molar-refractivity contribution < 1.29 is 19.4 Å². The van der Waals surface area contributed by atoms with Gasteiger partial charge in [-0.25, -0.2) is 4.79 Å². The number of anilines is 1. The molecule has 0 bridgehead atoms. The minimum Gasteiger partial charge on any atom is -0.480 e. The number of amides is 1. The van der Waals surface area contributed by atoms with Crippen LogP contribution in [-0.4, -0.2) is 29.6 Å². The Morgan fingerprint density at radius 1 is 0.881 bits per heavy atom. The average molecular weight is 628 g/mol. The molecule has 0 aliphatic heterocycles. The standard InChI is InChI=1S/C35H35BrN2O4/c36-27-19-20-31(37-23-25-9-3-1-4-10-25)30(22-27)34(39)38-32(35(40)41)21-24-15-17-26(18-16-24)29-13-7-8-14-33(29)42-28-11-5-2-6-12-28/h2,5-8,11-20,22,25,32,37H,1,3-4,9-10,21,23H2,(H,38,39)(H,40,41). The minimum atomic E-state index is -1.08. The summed E-state index contributed by atoms with van der Waals surface area (Å²) in [6, 6.07) is 29.5. The second-order valence-electron chi connectivity index (χ2n) is 10.8. The Balaban J connectivity index is 1.27. The van der Waals surface area contributed by atoms with Gasteiger partial charge in [0.1, 0.15) is 17.5 Å². The van der Waals surface area contributed by atoms with Gasteiger partial charge in [-0.1, -0.05) is 95.9 Å². The van der Waals surface area contributed by atoms with E-state index in [-0.39, 0.29) is 6.42 Å². The third kappa shape index (κ3) is 7.79. The molecule has 1 unspecified atom stereocenters. The average Bonchev–Trinajstić information content (AvgIpc) is 3.02. The number of nitrogens with one attached hydrogen (secondary N) is 2. The second-order valence-corrected chi connectivity index (χ2v) is 11.7. The van der Waals surface area contributed by atoms with Gasteiger partial charge in [-0.05, 0) is 66.3 Å². The molecule has 4 aromatic rings. The fourth-order valence-corrected chi connectivity index (χ4v) is 5.77. The summed E-state index contributed by atoms with van der Waals surface area (Å²) < 4.78 is 6.87. The number of para-hydroxylation sites is 2. The molecule has 1 fully saturated rings. The lowest BCUT2D eigenvalue weighted by Gasteiger charge is -2.23. The van der Waals surface area contributed by atoms with E-state index >= 15 is 0 Å². The van der Waals surface area contributed by atoms with Gasteiger partial charge in [-0.3, -0.25) is 4.79 Å². The van der Waals surface area contributed by atoms with E-state index in [1.807, 2.05) is 91.0 Å².